The summed E-state index contributed by atoms with van der Waals surface area (Å²) in [5.41, 5.74) is 0.410. The summed E-state index contributed by atoms with van der Waals surface area (Å²) in [7, 11) is 6.75. The Bertz CT molecular complexity index is 1580. The number of nitrogens with zero attached hydrogens (tertiary/aromatic N) is 2. The number of rotatable bonds is 8. The Morgan fingerprint density at radius 3 is 1.96 bits per heavy atom. The zero-order valence-electron chi connectivity index (χ0n) is 25.2. The number of ketones is 2. The van der Waals surface area contributed by atoms with E-state index in [0.29, 0.717) is 5.56 Å². The van der Waals surface area contributed by atoms with Gasteiger partial charge in [0.25, 0.3) is 5.91 Å². The molecule has 0 aromatic heterocycles. The van der Waals surface area contributed by atoms with Crippen LogP contribution in [0.15, 0.2) is 29.0 Å². The Morgan fingerprint density at radius 1 is 0.978 bits per heavy atom. The maximum atomic E-state index is 13.7. The number of benzene rings is 1. The Balaban J connectivity index is 0.000000376. The molecule has 1 saturated carbocycles. The summed E-state index contributed by atoms with van der Waals surface area (Å²) in [5.74, 6) is -11.6. The number of Topliss-reactive ketones (excluding diaryl/α,β-unsaturated/α-hetero) is 2. The minimum absolute atomic E-state index is 0.0638. The molecule has 1 fully saturated rings. The molecule has 3 aliphatic carbocycles. The highest BCUT2D eigenvalue weighted by atomic mass is 16.4. The van der Waals surface area contributed by atoms with Gasteiger partial charge in [0.1, 0.15) is 22.8 Å². The first kappa shape index (κ1) is 35.5. The molecule has 0 unspecified atom stereocenters. The van der Waals surface area contributed by atoms with Crippen LogP contribution in [0.2, 0.25) is 0 Å². The fraction of sp³-hybridized carbons (Fsp3) is 0.448. The zero-order valence-corrected chi connectivity index (χ0v) is 25.2. The van der Waals surface area contributed by atoms with E-state index in [1.807, 2.05) is 19.0 Å². The molecule has 1 amide bonds. The smallest absolute Gasteiger partial charge is 0.336 e. The van der Waals surface area contributed by atoms with Gasteiger partial charge in [-0.1, -0.05) is 0 Å². The number of nitrogens with two attached hydrogens (primary N) is 1. The Labute approximate surface area is 261 Å². The summed E-state index contributed by atoms with van der Waals surface area (Å²) in [6.45, 7) is 0. The van der Waals surface area contributed by atoms with E-state index in [4.69, 9.17) is 26.2 Å². The first-order valence-corrected chi connectivity index (χ1v) is 13.7. The van der Waals surface area contributed by atoms with Crippen LogP contribution in [-0.2, 0) is 35.2 Å². The van der Waals surface area contributed by atoms with E-state index in [0.717, 1.165) is 5.69 Å². The Kier molecular flexibility index (Phi) is 9.58. The lowest BCUT2D eigenvalue weighted by Gasteiger charge is -2.50. The van der Waals surface area contributed by atoms with Crippen molar-refractivity contribution in [3.05, 3.63) is 40.2 Å². The highest BCUT2D eigenvalue weighted by molar-refractivity contribution is 6.24. The van der Waals surface area contributed by atoms with E-state index in [2.05, 4.69) is 0 Å². The fourth-order valence-corrected chi connectivity index (χ4v) is 6.36. The monoisotopic (exact) mass is 649 g/mol. The summed E-state index contributed by atoms with van der Waals surface area (Å²) in [5, 5.41) is 77.7. The van der Waals surface area contributed by atoms with Gasteiger partial charge in [-0.25, -0.2) is 4.79 Å². The van der Waals surface area contributed by atoms with Crippen LogP contribution in [-0.4, -0.2) is 127 Å². The van der Waals surface area contributed by atoms with Gasteiger partial charge in [0.2, 0.25) is 5.78 Å². The number of phenols is 1. The second-order valence-electron chi connectivity index (χ2n) is 11.8. The molecule has 1 aromatic carbocycles. The van der Waals surface area contributed by atoms with Crippen LogP contribution in [0.25, 0.3) is 5.76 Å². The molecule has 0 spiro atoms. The van der Waals surface area contributed by atoms with Gasteiger partial charge >= 0.3 is 17.9 Å². The SMILES string of the molecule is CN(C)c1ccc(O)c2c1C[C@H]1C[C@@H]3[C@H](N(C)C)C(=O)C(C(N)=O)=C(O)[C@@]3(O)C(=O)C1=C2O.O=C(O)CC(O)(CC(=O)O)C(=O)O. The third kappa shape index (κ3) is 5.86. The van der Waals surface area contributed by atoms with Gasteiger partial charge in [-0.3, -0.25) is 28.9 Å². The molecule has 0 radical (unpaired) electrons. The van der Waals surface area contributed by atoms with Gasteiger partial charge in [0.15, 0.2) is 17.0 Å². The first-order chi connectivity index (χ1) is 21.1. The predicted molar refractivity (Wildman–Crippen MR) is 156 cm³/mol. The van der Waals surface area contributed by atoms with Gasteiger partial charge in [0.05, 0.1) is 24.4 Å². The van der Waals surface area contributed by atoms with Crippen LogP contribution >= 0.6 is 0 Å². The van der Waals surface area contributed by atoms with Crippen LogP contribution in [0, 0.1) is 11.8 Å². The third-order valence-corrected chi connectivity index (χ3v) is 8.35. The molecule has 0 bridgehead atoms. The van der Waals surface area contributed by atoms with Crippen molar-refractivity contribution in [3.63, 3.8) is 0 Å². The Hall–Kier alpha value is -5.00. The second-order valence-corrected chi connectivity index (χ2v) is 11.8. The van der Waals surface area contributed by atoms with Crippen molar-refractivity contribution in [2.24, 2.45) is 17.6 Å². The normalized spacial score (nSPS) is 23.9. The van der Waals surface area contributed by atoms with Crippen molar-refractivity contribution < 1.29 is 69.6 Å². The summed E-state index contributed by atoms with van der Waals surface area (Å²) in [4.78, 5) is 72.5. The topological polar surface area (TPSA) is 297 Å². The molecule has 17 nitrogen and oxygen atoms in total. The van der Waals surface area contributed by atoms with Crippen LogP contribution in [0.4, 0.5) is 5.69 Å². The molecule has 0 aliphatic heterocycles. The number of fused-ring (bicyclic) bond motifs is 3. The van der Waals surface area contributed by atoms with E-state index in [9.17, 15) is 49.2 Å². The number of aliphatic carboxylic acids is 3. The van der Waals surface area contributed by atoms with Gasteiger partial charge in [-0.2, -0.15) is 0 Å². The number of aliphatic hydroxyl groups is 4. The summed E-state index contributed by atoms with van der Waals surface area (Å²) >= 11 is 0. The van der Waals surface area contributed by atoms with Crippen LogP contribution in [0.3, 0.4) is 0 Å². The van der Waals surface area contributed by atoms with Crippen molar-refractivity contribution in [2.45, 2.75) is 42.9 Å². The number of carboxylic acids is 3. The molecular weight excluding hydrogens is 614 g/mol. The molecule has 250 valence electrons. The number of aromatic hydroxyl groups is 1. The van der Waals surface area contributed by atoms with Crippen LogP contribution in [0.5, 0.6) is 5.75 Å². The maximum absolute atomic E-state index is 13.7. The van der Waals surface area contributed by atoms with Crippen molar-refractivity contribution in [2.75, 3.05) is 33.1 Å². The zero-order chi connectivity index (χ0) is 35.2. The lowest BCUT2D eigenvalue weighted by molar-refractivity contribution is -0.170. The molecule has 17 heteroatoms. The van der Waals surface area contributed by atoms with E-state index in [1.54, 1.807) is 20.2 Å². The average molecular weight is 650 g/mol. The number of primary amides is 1. The molecule has 46 heavy (non-hydrogen) atoms. The quantitative estimate of drug-likeness (QED) is 0.149. The number of anilines is 1. The number of likely N-dealkylation sites (N-methyl/N-ethyl adjacent to an activating group) is 1. The number of carboxylic acid groups (broad SMARTS) is 3. The maximum Gasteiger partial charge on any atom is 0.336 e. The lowest BCUT2D eigenvalue weighted by Crippen LogP contribution is -2.65. The lowest BCUT2D eigenvalue weighted by atomic mass is 9.57. The number of carbonyl (C=O) groups excluding carboxylic acids is 3. The largest absolute Gasteiger partial charge is 0.508 e. The van der Waals surface area contributed by atoms with Crippen molar-refractivity contribution in [3.8, 4) is 5.75 Å². The number of phenolic OH excluding ortho intramolecular Hbond substituents is 1. The molecular formula is C29H35N3O14. The molecule has 4 rings (SSSR count). The second kappa shape index (κ2) is 12.4. The summed E-state index contributed by atoms with van der Waals surface area (Å²) in [6.07, 6.45) is -1.96. The molecule has 0 saturated heterocycles. The average Bonchev–Trinajstić information content (AvgIpc) is 2.89. The van der Waals surface area contributed by atoms with Gasteiger partial charge in [-0.05, 0) is 50.6 Å². The fourth-order valence-electron chi connectivity index (χ4n) is 6.36. The van der Waals surface area contributed by atoms with Crippen molar-refractivity contribution in [1.82, 2.24) is 4.90 Å². The number of hydrogen-bond acceptors (Lipinski definition) is 13. The highest BCUT2D eigenvalue weighted by Gasteiger charge is 2.64. The molecule has 1 aromatic rings. The van der Waals surface area contributed by atoms with Gasteiger partial charge in [0, 0.05) is 31.3 Å². The minimum atomic E-state index is -2.74. The van der Waals surface area contributed by atoms with E-state index >= 15 is 0 Å². The van der Waals surface area contributed by atoms with Crippen molar-refractivity contribution >= 4 is 46.8 Å². The molecule has 10 N–H and O–H groups in total. The molecule has 0 heterocycles. The van der Waals surface area contributed by atoms with Crippen molar-refractivity contribution in [1.29, 1.82) is 0 Å². The summed E-state index contributed by atoms with van der Waals surface area (Å²) < 4.78 is 0. The predicted octanol–water partition coefficient (Wildman–Crippen LogP) is -1.22. The number of hydrogen-bond donors (Lipinski definition) is 9. The standard InChI is InChI=1S/C23H27N3O7.C6H8O7/c1-25(2)12-5-6-13(27)15-10(12)7-9-8-11-17(26(3)4)19(29)16(22(24)32)21(31)23(11,33)20(30)14(9)18(15)28;7-3(8)1-6(13,5(11)12)2-4(9)10/h5-6,9,11,17,27-28,31,33H,7-8H2,1-4H3,(H2,24,32);13H,1-2H2,(H,7,8)(H,9,10)(H,11,12)/t9-,11+,17-,23-;/m0./s1. The third-order valence-electron chi connectivity index (χ3n) is 8.35. The van der Waals surface area contributed by atoms with Crippen LogP contribution in [0.1, 0.15) is 30.4 Å². The summed E-state index contributed by atoms with van der Waals surface area (Å²) in [6, 6.07) is 2.01. The Morgan fingerprint density at radius 2 is 1.52 bits per heavy atom. The number of aliphatic hydroxyl groups excluding tert-OH is 2. The van der Waals surface area contributed by atoms with E-state index < -0.39 is 94.4 Å². The van der Waals surface area contributed by atoms with E-state index in [1.165, 1.54) is 11.0 Å². The number of carbonyl (C=O) groups is 6. The molecule has 3 aliphatic rings. The minimum Gasteiger partial charge on any atom is -0.508 e. The van der Waals surface area contributed by atoms with Gasteiger partial charge in [-0.15, -0.1) is 0 Å². The first-order valence-electron chi connectivity index (χ1n) is 13.7. The van der Waals surface area contributed by atoms with Gasteiger partial charge < -0.3 is 51.5 Å². The van der Waals surface area contributed by atoms with Crippen LogP contribution < -0.4 is 10.6 Å². The van der Waals surface area contributed by atoms with E-state index in [-0.39, 0.29) is 29.7 Å². The number of amides is 1. The molecule has 4 atom stereocenters. The highest BCUT2D eigenvalue weighted by Crippen LogP contribution is 2.53.